The third-order valence-corrected chi connectivity index (χ3v) is 5.06. The second-order valence-electron chi connectivity index (χ2n) is 6.19. The summed E-state index contributed by atoms with van der Waals surface area (Å²) in [6.45, 7) is 3.91. The summed E-state index contributed by atoms with van der Waals surface area (Å²) in [4.78, 5) is 29.3. The number of fused-ring (bicyclic) bond motifs is 1. The van der Waals surface area contributed by atoms with E-state index in [0.29, 0.717) is 16.9 Å². The summed E-state index contributed by atoms with van der Waals surface area (Å²) in [5.74, 6) is 0.121. The van der Waals surface area contributed by atoms with E-state index in [0.717, 1.165) is 6.26 Å². The summed E-state index contributed by atoms with van der Waals surface area (Å²) in [7, 11) is -3.31. The van der Waals surface area contributed by atoms with Gasteiger partial charge in [0.25, 0.3) is 5.56 Å². The predicted octanol–water partition coefficient (Wildman–Crippen LogP) is 1.83. The Morgan fingerprint density at radius 3 is 2.52 bits per heavy atom. The second kappa shape index (κ2) is 7.20. The molecule has 3 heterocycles. The van der Waals surface area contributed by atoms with Crippen molar-refractivity contribution in [1.82, 2.24) is 24.5 Å². The van der Waals surface area contributed by atoms with Gasteiger partial charge in [-0.3, -0.25) is 14.3 Å². The lowest BCUT2D eigenvalue weighted by atomic mass is 10.3. The summed E-state index contributed by atoms with van der Waals surface area (Å²) >= 11 is 5.84. The molecule has 3 rings (SSSR count). The van der Waals surface area contributed by atoms with E-state index in [1.807, 2.05) is 13.8 Å². The van der Waals surface area contributed by atoms with Crippen LogP contribution in [0, 0.1) is 0 Å². The number of rotatable bonds is 5. The Balaban J connectivity index is 1.94. The molecule has 0 spiro atoms. The number of nitrogens with one attached hydrogen (secondary N) is 1. The van der Waals surface area contributed by atoms with Gasteiger partial charge in [-0.15, -0.1) is 0 Å². The molecule has 0 amide bonds. The van der Waals surface area contributed by atoms with Crippen molar-refractivity contribution in [2.75, 3.05) is 11.6 Å². The van der Waals surface area contributed by atoms with Crippen LogP contribution in [0.3, 0.4) is 0 Å². The minimum atomic E-state index is -3.31. The summed E-state index contributed by atoms with van der Waals surface area (Å²) in [6, 6.07) is 2.88. The van der Waals surface area contributed by atoms with Gasteiger partial charge in [-0.1, -0.05) is 0 Å². The number of hydrogen-bond acceptors (Lipinski definition) is 8. The molecule has 0 aromatic carbocycles. The molecule has 0 saturated carbocycles. The molecule has 0 saturated heterocycles. The number of halogens is 1. The number of nitrogens with zero attached hydrogens (tertiary/aromatic N) is 5. The zero-order valence-corrected chi connectivity index (χ0v) is 16.4. The molecule has 9 nitrogen and oxygen atoms in total. The average Bonchev–Trinajstić information content (AvgIpc) is 2.59. The number of hydrogen-bond donors (Lipinski definition) is 1. The Hall–Kier alpha value is -2.59. The molecule has 0 bridgehead atoms. The summed E-state index contributed by atoms with van der Waals surface area (Å²) in [5, 5.41) is 2.98. The third kappa shape index (κ3) is 4.06. The van der Waals surface area contributed by atoms with E-state index in [4.69, 9.17) is 11.6 Å². The maximum absolute atomic E-state index is 12.8. The zero-order valence-electron chi connectivity index (χ0n) is 14.8. The van der Waals surface area contributed by atoms with Crippen molar-refractivity contribution in [3.05, 3.63) is 45.9 Å². The average molecular weight is 409 g/mol. The van der Waals surface area contributed by atoms with Crippen molar-refractivity contribution in [2.45, 2.75) is 31.3 Å². The van der Waals surface area contributed by atoms with Crippen LogP contribution in [-0.4, -0.2) is 39.2 Å². The topological polar surface area (TPSA) is 120 Å². The van der Waals surface area contributed by atoms with Crippen molar-refractivity contribution in [3.8, 4) is 0 Å². The van der Waals surface area contributed by atoms with Gasteiger partial charge in [-0.25, -0.2) is 18.4 Å². The first-order valence-corrected chi connectivity index (χ1v) is 10.3. The number of anilines is 1. The summed E-state index contributed by atoms with van der Waals surface area (Å²) < 4.78 is 24.5. The highest BCUT2D eigenvalue weighted by atomic mass is 35.5. The highest BCUT2D eigenvalue weighted by Crippen LogP contribution is 2.16. The maximum atomic E-state index is 12.8. The van der Waals surface area contributed by atoms with Crippen molar-refractivity contribution in [2.24, 2.45) is 0 Å². The fourth-order valence-corrected chi connectivity index (χ4v) is 3.17. The highest BCUT2D eigenvalue weighted by Gasteiger charge is 2.15. The fourth-order valence-electron chi connectivity index (χ4n) is 2.48. The first-order chi connectivity index (χ1) is 12.7. The summed E-state index contributed by atoms with van der Waals surface area (Å²) in [6.07, 6.45) is 3.85. The molecule has 27 heavy (non-hydrogen) atoms. The Labute approximate surface area is 160 Å². The Morgan fingerprint density at radius 2 is 1.93 bits per heavy atom. The van der Waals surface area contributed by atoms with Crippen LogP contribution in [-0.2, 0) is 16.4 Å². The Morgan fingerprint density at radius 1 is 1.19 bits per heavy atom. The van der Waals surface area contributed by atoms with Gasteiger partial charge < -0.3 is 5.32 Å². The van der Waals surface area contributed by atoms with Crippen LogP contribution in [0.4, 0.5) is 5.82 Å². The van der Waals surface area contributed by atoms with Gasteiger partial charge >= 0.3 is 0 Å². The normalized spacial score (nSPS) is 11.9. The molecule has 142 valence electrons. The van der Waals surface area contributed by atoms with Crippen LogP contribution in [0.2, 0.25) is 5.28 Å². The van der Waals surface area contributed by atoms with E-state index in [1.165, 1.54) is 23.0 Å². The van der Waals surface area contributed by atoms with Crippen LogP contribution in [0.15, 0.2) is 34.2 Å². The summed E-state index contributed by atoms with van der Waals surface area (Å²) in [5.41, 5.74) is 0.999. The minimum Gasteiger partial charge on any atom is -0.360 e. The van der Waals surface area contributed by atoms with Crippen LogP contribution in [0.5, 0.6) is 0 Å². The van der Waals surface area contributed by atoms with E-state index >= 15 is 0 Å². The van der Waals surface area contributed by atoms with Gasteiger partial charge in [0.15, 0.2) is 21.3 Å². The quantitative estimate of drug-likeness (QED) is 0.635. The standard InChI is InChI=1S/C16H17ClN6O3S/c1-9(2)23-14-12(8-20-16(17)22-14)21-13(15(23)24)19-6-10-4-5-11(7-18-10)27(3,25)26/h4-5,7-9H,6H2,1-3H3,(H,19,21). The molecule has 3 aromatic heterocycles. The van der Waals surface area contributed by atoms with E-state index in [9.17, 15) is 13.2 Å². The van der Waals surface area contributed by atoms with Crippen molar-refractivity contribution >= 4 is 38.4 Å². The van der Waals surface area contributed by atoms with Crippen molar-refractivity contribution in [1.29, 1.82) is 0 Å². The Bertz CT molecular complexity index is 1160. The largest absolute Gasteiger partial charge is 0.360 e. The van der Waals surface area contributed by atoms with E-state index in [2.05, 4.69) is 25.3 Å². The molecule has 0 aliphatic rings. The van der Waals surface area contributed by atoms with Gasteiger partial charge in [-0.05, 0) is 37.6 Å². The molecule has 0 unspecified atom stereocenters. The van der Waals surface area contributed by atoms with Crippen LogP contribution >= 0.6 is 11.6 Å². The van der Waals surface area contributed by atoms with Gasteiger partial charge in [0.1, 0.15) is 5.52 Å². The lowest BCUT2D eigenvalue weighted by molar-refractivity contribution is 0.593. The number of pyridine rings is 1. The van der Waals surface area contributed by atoms with Gasteiger partial charge in [0.2, 0.25) is 5.28 Å². The van der Waals surface area contributed by atoms with E-state index in [-0.39, 0.29) is 34.1 Å². The van der Waals surface area contributed by atoms with Gasteiger partial charge in [0.05, 0.1) is 23.3 Å². The van der Waals surface area contributed by atoms with Crippen molar-refractivity contribution < 1.29 is 8.42 Å². The molecule has 0 radical (unpaired) electrons. The molecule has 0 fully saturated rings. The fraction of sp³-hybridized carbons (Fsp3) is 0.312. The third-order valence-electron chi connectivity index (χ3n) is 3.78. The number of aromatic nitrogens is 5. The monoisotopic (exact) mass is 408 g/mol. The second-order valence-corrected chi connectivity index (χ2v) is 8.54. The molecular weight excluding hydrogens is 392 g/mol. The minimum absolute atomic E-state index is 0.0361. The van der Waals surface area contributed by atoms with Crippen LogP contribution < -0.4 is 10.9 Å². The van der Waals surface area contributed by atoms with E-state index in [1.54, 1.807) is 6.07 Å². The van der Waals surface area contributed by atoms with Gasteiger partial charge in [-0.2, -0.15) is 4.98 Å². The molecule has 0 aliphatic heterocycles. The number of sulfone groups is 1. The van der Waals surface area contributed by atoms with Crippen LogP contribution in [0.25, 0.3) is 11.2 Å². The first-order valence-electron chi connectivity index (χ1n) is 8.00. The van der Waals surface area contributed by atoms with Crippen molar-refractivity contribution in [3.63, 3.8) is 0 Å². The maximum Gasteiger partial charge on any atom is 0.295 e. The smallest absolute Gasteiger partial charge is 0.295 e. The zero-order chi connectivity index (χ0) is 19.8. The lowest BCUT2D eigenvalue weighted by Gasteiger charge is -2.15. The van der Waals surface area contributed by atoms with Gasteiger partial charge in [0, 0.05) is 18.5 Å². The highest BCUT2D eigenvalue weighted by molar-refractivity contribution is 7.90. The van der Waals surface area contributed by atoms with E-state index < -0.39 is 9.84 Å². The molecule has 3 aromatic rings. The SMILES string of the molecule is CC(C)n1c(=O)c(NCc2ccc(S(C)(=O)=O)cn2)nc2cnc(Cl)nc21. The lowest BCUT2D eigenvalue weighted by Crippen LogP contribution is -2.27. The predicted molar refractivity (Wildman–Crippen MR) is 102 cm³/mol. The Kier molecular flexibility index (Phi) is 5.11. The molecule has 0 aliphatic carbocycles. The molecule has 11 heteroatoms. The molecule has 1 N–H and O–H groups in total. The first kappa shape index (κ1) is 19.2. The molecule has 0 atom stereocenters. The van der Waals surface area contributed by atoms with Crippen LogP contribution in [0.1, 0.15) is 25.6 Å². The molecular formula is C16H17ClN6O3S.